The van der Waals surface area contributed by atoms with Crippen LogP contribution >= 0.6 is 0 Å². The molecule has 1 aliphatic carbocycles. The van der Waals surface area contributed by atoms with Crippen molar-refractivity contribution in [3.63, 3.8) is 0 Å². The molecule has 29 heavy (non-hydrogen) atoms. The number of hydrogen-bond donors (Lipinski definition) is 1. The summed E-state index contributed by atoms with van der Waals surface area (Å²) >= 11 is 0. The molecule has 1 saturated heterocycles. The van der Waals surface area contributed by atoms with Crippen LogP contribution < -0.4 is 5.32 Å². The Hall–Kier alpha value is -3.22. The molecule has 7 heteroatoms. The van der Waals surface area contributed by atoms with Gasteiger partial charge in [-0.3, -0.25) is 4.79 Å². The van der Waals surface area contributed by atoms with Gasteiger partial charge in [0.15, 0.2) is 0 Å². The van der Waals surface area contributed by atoms with Crippen LogP contribution in [-0.2, 0) is 0 Å². The number of hydrogen-bond acceptors (Lipinski definition) is 6. The molecule has 3 unspecified atom stereocenters. The van der Waals surface area contributed by atoms with Crippen molar-refractivity contribution in [1.82, 2.24) is 19.9 Å². The van der Waals surface area contributed by atoms with Gasteiger partial charge in [0.25, 0.3) is 5.91 Å². The van der Waals surface area contributed by atoms with Crippen LogP contribution in [-0.4, -0.2) is 44.4 Å². The van der Waals surface area contributed by atoms with E-state index in [4.69, 9.17) is 4.42 Å². The molecule has 148 valence electrons. The second-order valence-corrected chi connectivity index (χ2v) is 8.02. The molecular weight excluding hydrogens is 366 g/mol. The Bertz CT molecular complexity index is 1030. The standard InChI is InChI=1S/C22H23N5O2/c1-13-3-6-19(24-11-13)26-17-9-15-10-18(17)27(12-15)22(28)20-16(5-4-14(2)25-20)21-23-7-8-29-21/h3-8,11,15,17-18H,9-10,12H2,1-2H3,(H,24,26). The van der Waals surface area contributed by atoms with Crippen molar-refractivity contribution in [3.05, 3.63) is 59.9 Å². The number of aryl methyl sites for hydroxylation is 2. The SMILES string of the molecule is Cc1ccc(NC2CC3CC2N(C(=O)c2nc(C)ccc2-c2ncco2)C3)nc1. The molecule has 1 amide bonds. The fourth-order valence-corrected chi connectivity index (χ4v) is 4.54. The molecule has 3 aromatic rings. The first-order valence-corrected chi connectivity index (χ1v) is 9.96. The number of rotatable bonds is 4. The normalized spacial score (nSPS) is 22.8. The zero-order chi connectivity index (χ0) is 20.0. The van der Waals surface area contributed by atoms with Crippen LogP contribution in [0.4, 0.5) is 5.82 Å². The lowest BCUT2D eigenvalue weighted by Crippen LogP contribution is -2.48. The zero-order valence-corrected chi connectivity index (χ0v) is 16.5. The third-order valence-electron chi connectivity index (χ3n) is 5.89. The van der Waals surface area contributed by atoms with Gasteiger partial charge in [-0.15, -0.1) is 0 Å². The van der Waals surface area contributed by atoms with Crippen LogP contribution in [0.3, 0.4) is 0 Å². The monoisotopic (exact) mass is 389 g/mol. The maximum Gasteiger partial charge on any atom is 0.273 e. The second kappa shape index (κ2) is 6.99. The summed E-state index contributed by atoms with van der Waals surface area (Å²) in [6, 6.07) is 8.11. The summed E-state index contributed by atoms with van der Waals surface area (Å²) in [6.07, 6.45) is 7.01. The number of likely N-dealkylation sites (tertiary alicyclic amines) is 1. The van der Waals surface area contributed by atoms with Gasteiger partial charge in [-0.2, -0.15) is 0 Å². The van der Waals surface area contributed by atoms with Gasteiger partial charge in [0.05, 0.1) is 17.8 Å². The van der Waals surface area contributed by atoms with Crippen LogP contribution in [0.1, 0.15) is 34.6 Å². The number of anilines is 1. The maximum absolute atomic E-state index is 13.5. The molecule has 2 bridgehead atoms. The van der Waals surface area contributed by atoms with Crippen LogP contribution in [0, 0.1) is 19.8 Å². The van der Waals surface area contributed by atoms with E-state index in [0.717, 1.165) is 36.5 Å². The average Bonchev–Trinajstić information content (AvgIpc) is 3.46. The van der Waals surface area contributed by atoms with Crippen LogP contribution in [0.15, 0.2) is 47.3 Å². The van der Waals surface area contributed by atoms with E-state index in [0.29, 0.717) is 23.1 Å². The topological polar surface area (TPSA) is 84.2 Å². The zero-order valence-electron chi connectivity index (χ0n) is 16.5. The number of nitrogens with one attached hydrogen (secondary N) is 1. The molecule has 0 spiro atoms. The molecule has 0 aromatic carbocycles. The van der Waals surface area contributed by atoms with E-state index in [-0.39, 0.29) is 18.0 Å². The lowest BCUT2D eigenvalue weighted by Gasteiger charge is -2.34. The number of carbonyl (C=O) groups excluding carboxylic acids is 1. The van der Waals surface area contributed by atoms with Gasteiger partial charge in [-0.05, 0) is 56.4 Å². The molecule has 2 fully saturated rings. The van der Waals surface area contributed by atoms with Crippen LogP contribution in [0.25, 0.3) is 11.5 Å². The van der Waals surface area contributed by atoms with E-state index in [9.17, 15) is 4.79 Å². The molecule has 1 saturated carbocycles. The van der Waals surface area contributed by atoms with E-state index in [1.54, 1.807) is 6.20 Å². The lowest BCUT2D eigenvalue weighted by molar-refractivity contribution is 0.0686. The van der Waals surface area contributed by atoms with Gasteiger partial charge in [0.1, 0.15) is 17.8 Å². The predicted octanol–water partition coefficient (Wildman–Crippen LogP) is 3.46. The van der Waals surface area contributed by atoms with Gasteiger partial charge in [0.2, 0.25) is 5.89 Å². The minimum atomic E-state index is -0.0576. The highest BCUT2D eigenvalue weighted by molar-refractivity contribution is 5.98. The predicted molar refractivity (Wildman–Crippen MR) is 108 cm³/mol. The molecule has 1 N–H and O–H groups in total. The summed E-state index contributed by atoms with van der Waals surface area (Å²) in [7, 11) is 0. The average molecular weight is 389 g/mol. The van der Waals surface area contributed by atoms with E-state index >= 15 is 0 Å². The van der Waals surface area contributed by atoms with E-state index in [1.807, 2.05) is 49.2 Å². The first-order chi connectivity index (χ1) is 14.1. The number of carbonyl (C=O) groups is 1. The number of fused-ring (bicyclic) bond motifs is 2. The summed E-state index contributed by atoms with van der Waals surface area (Å²) in [4.78, 5) is 28.7. The largest absolute Gasteiger partial charge is 0.444 e. The Morgan fingerprint density at radius 1 is 1.17 bits per heavy atom. The Labute approximate surface area is 169 Å². The Balaban J connectivity index is 1.41. The highest BCUT2D eigenvalue weighted by Gasteiger charge is 2.47. The van der Waals surface area contributed by atoms with Crippen molar-refractivity contribution in [3.8, 4) is 11.5 Å². The molecule has 2 aliphatic rings. The second-order valence-electron chi connectivity index (χ2n) is 8.02. The summed E-state index contributed by atoms with van der Waals surface area (Å²) in [6.45, 7) is 4.68. The van der Waals surface area contributed by atoms with Gasteiger partial charge in [-0.25, -0.2) is 15.0 Å². The van der Waals surface area contributed by atoms with Crippen molar-refractivity contribution < 1.29 is 9.21 Å². The number of nitrogens with zero attached hydrogens (tertiary/aromatic N) is 4. The molecule has 7 nitrogen and oxygen atoms in total. The summed E-state index contributed by atoms with van der Waals surface area (Å²) in [5.74, 6) is 1.72. The van der Waals surface area contributed by atoms with Crippen molar-refractivity contribution in [1.29, 1.82) is 0 Å². The fourth-order valence-electron chi connectivity index (χ4n) is 4.54. The summed E-state index contributed by atoms with van der Waals surface area (Å²) in [5.41, 5.74) is 2.97. The quantitative estimate of drug-likeness (QED) is 0.736. The number of oxazole rings is 1. The van der Waals surface area contributed by atoms with Crippen molar-refractivity contribution >= 4 is 11.7 Å². The van der Waals surface area contributed by atoms with Crippen molar-refractivity contribution in [2.45, 2.75) is 38.8 Å². The molecule has 1 aliphatic heterocycles. The van der Waals surface area contributed by atoms with E-state index < -0.39 is 0 Å². The highest BCUT2D eigenvalue weighted by atomic mass is 16.3. The number of amides is 1. The molecule has 0 radical (unpaired) electrons. The Kier molecular flexibility index (Phi) is 4.30. The number of aromatic nitrogens is 3. The molecule has 5 rings (SSSR count). The van der Waals surface area contributed by atoms with Crippen LogP contribution in [0.2, 0.25) is 0 Å². The van der Waals surface area contributed by atoms with Crippen molar-refractivity contribution in [2.75, 3.05) is 11.9 Å². The van der Waals surface area contributed by atoms with Gasteiger partial charge in [-0.1, -0.05) is 6.07 Å². The molecule has 3 atom stereocenters. The Morgan fingerprint density at radius 2 is 2.07 bits per heavy atom. The first kappa shape index (κ1) is 17.8. The molecule has 4 heterocycles. The van der Waals surface area contributed by atoms with Gasteiger partial charge < -0.3 is 14.6 Å². The first-order valence-electron chi connectivity index (χ1n) is 9.96. The lowest BCUT2D eigenvalue weighted by atomic mass is 10.0. The van der Waals surface area contributed by atoms with E-state index in [1.165, 1.54) is 6.26 Å². The van der Waals surface area contributed by atoms with Crippen LogP contribution in [0.5, 0.6) is 0 Å². The highest BCUT2D eigenvalue weighted by Crippen LogP contribution is 2.40. The van der Waals surface area contributed by atoms with Gasteiger partial charge in [0, 0.05) is 24.5 Å². The minimum absolute atomic E-state index is 0.0576. The maximum atomic E-state index is 13.5. The van der Waals surface area contributed by atoms with E-state index in [2.05, 4.69) is 20.3 Å². The smallest absolute Gasteiger partial charge is 0.273 e. The third kappa shape index (κ3) is 3.26. The molecular formula is C22H23N5O2. The Morgan fingerprint density at radius 3 is 2.79 bits per heavy atom. The third-order valence-corrected chi connectivity index (χ3v) is 5.89. The molecule has 3 aromatic heterocycles. The fraction of sp³-hybridized carbons (Fsp3) is 0.364. The van der Waals surface area contributed by atoms with Crippen molar-refractivity contribution in [2.24, 2.45) is 5.92 Å². The number of piperidine rings is 1. The number of pyridine rings is 2. The summed E-state index contributed by atoms with van der Waals surface area (Å²) < 4.78 is 5.44. The minimum Gasteiger partial charge on any atom is -0.444 e. The summed E-state index contributed by atoms with van der Waals surface area (Å²) in [5, 5.41) is 3.53. The van der Waals surface area contributed by atoms with Gasteiger partial charge >= 0.3 is 0 Å².